The average molecular weight is 171 g/mol. The van der Waals surface area contributed by atoms with E-state index in [1.165, 1.54) is 4.98 Å². The highest BCUT2D eigenvalue weighted by molar-refractivity contribution is 5.10. The summed E-state index contributed by atoms with van der Waals surface area (Å²) in [6.07, 6.45) is -4.73. The molecule has 0 atom stereocenters. The first kappa shape index (κ1) is 8.03. The summed E-state index contributed by atoms with van der Waals surface area (Å²) in [5.74, 6) is -3.13. The number of hydrogen-bond acceptors (Lipinski definition) is 0. The second kappa shape index (κ2) is 2.21. The molecule has 1 aromatic heterocycles. The molecule has 0 saturated carbocycles. The third-order valence-corrected chi connectivity index (χ3v) is 1.03. The lowest BCUT2D eigenvalue weighted by molar-refractivity contribution is -0.141. The molecule has 11 heavy (non-hydrogen) atoms. The minimum absolute atomic E-state index is 0.0648. The van der Waals surface area contributed by atoms with Crippen molar-refractivity contribution in [3.05, 3.63) is 23.5 Å². The summed E-state index contributed by atoms with van der Waals surface area (Å²) in [7, 11) is 0. The van der Waals surface area contributed by atoms with E-state index in [1.807, 2.05) is 0 Å². The van der Waals surface area contributed by atoms with Crippen molar-refractivity contribution in [1.29, 1.82) is 0 Å². The van der Waals surface area contributed by atoms with Gasteiger partial charge in [-0.05, 0) is 0 Å². The van der Waals surface area contributed by atoms with E-state index in [0.29, 0.717) is 0 Å². The van der Waals surface area contributed by atoms with Gasteiger partial charge in [-0.2, -0.15) is 17.6 Å². The summed E-state index contributed by atoms with van der Waals surface area (Å²) in [4.78, 5) is 1.22. The lowest BCUT2D eigenvalue weighted by Gasteiger charge is -2.00. The molecule has 0 aromatic carbocycles. The van der Waals surface area contributed by atoms with Gasteiger partial charge in [0.25, 0.3) is 0 Å². The summed E-state index contributed by atoms with van der Waals surface area (Å²) in [6.45, 7) is 0. The normalized spacial score (nSPS) is 12.1. The molecular weight excluding hydrogens is 169 g/mol. The second-order valence-corrected chi connectivity index (χ2v) is 1.84. The number of nitrogens with one attached hydrogen (secondary N) is 1. The van der Waals surface area contributed by atoms with Crippen LogP contribution in [0.4, 0.5) is 22.0 Å². The van der Waals surface area contributed by atoms with Crippen LogP contribution in [0, 0.1) is 11.8 Å². The Morgan fingerprint density at radius 3 is 1.91 bits per heavy atom. The first-order chi connectivity index (χ1) is 4.91. The van der Waals surface area contributed by atoms with Crippen LogP contribution in [-0.2, 0) is 6.18 Å². The molecule has 1 aromatic rings. The van der Waals surface area contributed by atoms with Crippen molar-refractivity contribution in [3.63, 3.8) is 0 Å². The zero-order valence-corrected chi connectivity index (χ0v) is 4.97. The average Bonchev–Trinajstić information content (AvgIpc) is 2.11. The summed E-state index contributed by atoms with van der Waals surface area (Å²) in [5, 5.41) is 0. The van der Waals surface area contributed by atoms with Crippen LogP contribution in [0.25, 0.3) is 0 Å². The third-order valence-electron chi connectivity index (χ3n) is 1.03. The van der Waals surface area contributed by atoms with Crippen molar-refractivity contribution >= 4 is 0 Å². The van der Waals surface area contributed by atoms with Gasteiger partial charge in [-0.3, -0.25) is 0 Å². The third kappa shape index (κ3) is 1.50. The SMILES string of the molecule is Fc1cc(C(F)(F)F)[nH]c1F. The number of aromatic nitrogens is 1. The quantitative estimate of drug-likeness (QED) is 0.576. The van der Waals surface area contributed by atoms with E-state index in [-0.39, 0.29) is 6.07 Å². The van der Waals surface area contributed by atoms with E-state index in [0.717, 1.165) is 0 Å². The van der Waals surface area contributed by atoms with Crippen LogP contribution in [0.1, 0.15) is 5.69 Å². The standard InChI is InChI=1S/C5H2F5N/c6-2-1-3(5(8,9)10)11-4(2)7/h1,11H. The summed E-state index contributed by atoms with van der Waals surface area (Å²) < 4.78 is 58.8. The minimum Gasteiger partial charge on any atom is -0.325 e. The molecule has 6 heteroatoms. The van der Waals surface area contributed by atoms with E-state index in [9.17, 15) is 22.0 Å². The molecule has 0 aliphatic heterocycles. The Labute approximate surface area is 57.8 Å². The Morgan fingerprint density at radius 1 is 1.18 bits per heavy atom. The minimum atomic E-state index is -4.73. The molecule has 0 radical (unpaired) electrons. The second-order valence-electron chi connectivity index (χ2n) is 1.84. The molecular formula is C5H2F5N. The highest BCUT2D eigenvalue weighted by Gasteiger charge is 2.33. The topological polar surface area (TPSA) is 15.8 Å². The predicted molar refractivity (Wildman–Crippen MR) is 25.7 cm³/mol. The van der Waals surface area contributed by atoms with Crippen LogP contribution in [0.15, 0.2) is 6.07 Å². The molecule has 0 spiro atoms. The van der Waals surface area contributed by atoms with Crippen LogP contribution in [0.3, 0.4) is 0 Å². The molecule has 1 rings (SSSR count). The molecule has 0 bridgehead atoms. The number of H-pyrrole nitrogens is 1. The van der Waals surface area contributed by atoms with Gasteiger partial charge >= 0.3 is 6.18 Å². The molecule has 0 unspecified atom stereocenters. The van der Waals surface area contributed by atoms with Crippen molar-refractivity contribution in [2.24, 2.45) is 0 Å². The van der Waals surface area contributed by atoms with Crippen molar-refractivity contribution in [1.82, 2.24) is 4.98 Å². The molecule has 62 valence electrons. The fraction of sp³-hybridized carbons (Fsp3) is 0.200. The molecule has 0 fully saturated rings. The van der Waals surface area contributed by atoms with Gasteiger partial charge in [0, 0.05) is 6.07 Å². The van der Waals surface area contributed by atoms with Crippen LogP contribution < -0.4 is 0 Å². The summed E-state index contributed by atoms with van der Waals surface area (Å²) >= 11 is 0. The van der Waals surface area contributed by atoms with Gasteiger partial charge in [-0.15, -0.1) is 0 Å². The van der Waals surface area contributed by atoms with Crippen molar-refractivity contribution in [2.45, 2.75) is 6.18 Å². The predicted octanol–water partition coefficient (Wildman–Crippen LogP) is 2.31. The van der Waals surface area contributed by atoms with E-state index in [1.54, 1.807) is 0 Å². The fourth-order valence-corrected chi connectivity index (χ4v) is 0.557. The van der Waals surface area contributed by atoms with Crippen molar-refractivity contribution < 1.29 is 22.0 Å². The van der Waals surface area contributed by atoms with Gasteiger partial charge in [-0.25, -0.2) is 4.39 Å². The number of halogens is 5. The number of hydrogen-bond donors (Lipinski definition) is 1. The molecule has 1 heterocycles. The monoisotopic (exact) mass is 171 g/mol. The van der Waals surface area contributed by atoms with E-state index < -0.39 is 23.6 Å². The van der Waals surface area contributed by atoms with Gasteiger partial charge in [0.15, 0.2) is 5.82 Å². The molecule has 1 N–H and O–H groups in total. The molecule has 0 amide bonds. The first-order valence-corrected chi connectivity index (χ1v) is 2.52. The van der Waals surface area contributed by atoms with Gasteiger partial charge in [0.1, 0.15) is 5.69 Å². The van der Waals surface area contributed by atoms with E-state index in [4.69, 9.17) is 0 Å². The molecule has 0 aliphatic carbocycles. The highest BCUT2D eigenvalue weighted by Crippen LogP contribution is 2.28. The Bertz CT molecular complexity index is 241. The lowest BCUT2D eigenvalue weighted by Crippen LogP contribution is -2.04. The van der Waals surface area contributed by atoms with Crippen molar-refractivity contribution in [3.8, 4) is 0 Å². The number of alkyl halides is 3. The van der Waals surface area contributed by atoms with Gasteiger partial charge in [-0.1, -0.05) is 0 Å². The Balaban J connectivity index is 3.08. The number of aromatic amines is 1. The van der Waals surface area contributed by atoms with E-state index in [2.05, 4.69) is 0 Å². The molecule has 1 nitrogen and oxygen atoms in total. The Kier molecular flexibility index (Phi) is 1.62. The zero-order chi connectivity index (χ0) is 8.65. The molecule has 0 saturated heterocycles. The maximum atomic E-state index is 12.0. The van der Waals surface area contributed by atoms with Crippen molar-refractivity contribution in [2.75, 3.05) is 0 Å². The Hall–Kier alpha value is -1.07. The maximum Gasteiger partial charge on any atom is 0.431 e. The van der Waals surface area contributed by atoms with E-state index >= 15 is 0 Å². The zero-order valence-electron chi connectivity index (χ0n) is 4.97. The Morgan fingerprint density at radius 2 is 1.73 bits per heavy atom. The summed E-state index contributed by atoms with van der Waals surface area (Å²) in [5.41, 5.74) is -1.42. The van der Waals surface area contributed by atoms with Crippen LogP contribution in [0.2, 0.25) is 0 Å². The smallest absolute Gasteiger partial charge is 0.325 e. The lowest BCUT2D eigenvalue weighted by atomic mass is 10.4. The largest absolute Gasteiger partial charge is 0.431 e. The first-order valence-electron chi connectivity index (χ1n) is 2.52. The van der Waals surface area contributed by atoms with Gasteiger partial charge < -0.3 is 4.98 Å². The molecule has 0 aliphatic rings. The maximum absolute atomic E-state index is 12.0. The number of rotatable bonds is 0. The summed E-state index contributed by atoms with van der Waals surface area (Å²) in [6, 6.07) is 0.0648. The highest BCUT2D eigenvalue weighted by atomic mass is 19.4. The van der Waals surface area contributed by atoms with Gasteiger partial charge in [0.2, 0.25) is 5.95 Å². The van der Waals surface area contributed by atoms with Crippen LogP contribution in [0.5, 0.6) is 0 Å². The fourth-order valence-electron chi connectivity index (χ4n) is 0.557. The van der Waals surface area contributed by atoms with Gasteiger partial charge in [0.05, 0.1) is 0 Å². The van der Waals surface area contributed by atoms with Crippen LogP contribution >= 0.6 is 0 Å². The van der Waals surface area contributed by atoms with Crippen LogP contribution in [-0.4, -0.2) is 4.98 Å².